The third-order valence-corrected chi connectivity index (χ3v) is 4.92. The van der Waals surface area contributed by atoms with Crippen LogP contribution in [0.25, 0.3) is 0 Å². The van der Waals surface area contributed by atoms with Gasteiger partial charge in [0.2, 0.25) is 11.8 Å². The molecule has 1 fully saturated rings. The van der Waals surface area contributed by atoms with Crippen LogP contribution in [0.1, 0.15) is 44.2 Å². The molecule has 5 nitrogen and oxygen atoms in total. The average Bonchev–Trinajstić information content (AvgIpc) is 2.61. The summed E-state index contributed by atoms with van der Waals surface area (Å²) < 4.78 is 13.6. The lowest BCUT2D eigenvalue weighted by Gasteiger charge is -2.33. The first-order valence-electron chi connectivity index (χ1n) is 9.35. The first kappa shape index (κ1) is 23.4. The monoisotopic (exact) mass is 399 g/mol. The number of nitrogens with zero attached hydrogens (tertiary/aromatic N) is 1. The number of carbonyl (C=O) groups excluding carboxylic acids is 2. The maximum Gasteiger partial charge on any atom is 0.239 e. The Labute approximate surface area is 167 Å². The molecule has 1 aromatic carbocycles. The molecule has 0 radical (unpaired) electrons. The molecule has 0 spiro atoms. The second-order valence-corrected chi connectivity index (χ2v) is 7.64. The van der Waals surface area contributed by atoms with Gasteiger partial charge >= 0.3 is 0 Å². The van der Waals surface area contributed by atoms with Crippen molar-refractivity contribution in [3.63, 3.8) is 0 Å². The molecule has 2 amide bonds. The van der Waals surface area contributed by atoms with E-state index < -0.39 is 6.04 Å². The van der Waals surface area contributed by atoms with Gasteiger partial charge in [0, 0.05) is 25.6 Å². The number of hydrogen-bond acceptors (Lipinski definition) is 3. The van der Waals surface area contributed by atoms with Gasteiger partial charge in [0.1, 0.15) is 5.82 Å². The van der Waals surface area contributed by atoms with Crippen LogP contribution in [0, 0.1) is 24.6 Å². The topological polar surface area (TPSA) is 75.4 Å². The van der Waals surface area contributed by atoms with E-state index in [-0.39, 0.29) is 36.0 Å². The largest absolute Gasteiger partial charge is 0.352 e. The first-order chi connectivity index (χ1) is 12.3. The molecule has 0 aliphatic carbocycles. The fourth-order valence-electron chi connectivity index (χ4n) is 3.29. The van der Waals surface area contributed by atoms with Gasteiger partial charge < -0.3 is 16.0 Å². The molecule has 0 saturated carbocycles. The molecule has 1 aliphatic heterocycles. The van der Waals surface area contributed by atoms with E-state index in [2.05, 4.69) is 5.32 Å². The zero-order valence-electron chi connectivity index (χ0n) is 16.3. The van der Waals surface area contributed by atoms with Crippen LogP contribution >= 0.6 is 12.4 Å². The standard InChI is InChI=1S/C20H30FN3O2.ClH/c1-13(2)10-18(22)20(26)24-8-6-16(7-9-24)19(25)23-12-15-5-4-14(3)17(21)11-15;/h4-5,11,13,16,18H,6-10,12,22H2,1-3H3,(H,23,25);1H/t18-;/m0./s1. The summed E-state index contributed by atoms with van der Waals surface area (Å²) in [7, 11) is 0. The minimum absolute atomic E-state index is 0. The zero-order chi connectivity index (χ0) is 19.3. The summed E-state index contributed by atoms with van der Waals surface area (Å²) in [4.78, 5) is 26.5. The maximum atomic E-state index is 13.6. The van der Waals surface area contributed by atoms with Crippen molar-refractivity contribution in [3.8, 4) is 0 Å². The zero-order valence-corrected chi connectivity index (χ0v) is 17.2. The van der Waals surface area contributed by atoms with Crippen molar-refractivity contribution in [1.29, 1.82) is 0 Å². The SMILES string of the molecule is Cc1ccc(CNC(=O)C2CCN(C(=O)[C@@H](N)CC(C)C)CC2)cc1F.Cl. The van der Waals surface area contributed by atoms with Crippen molar-refractivity contribution in [1.82, 2.24) is 10.2 Å². The summed E-state index contributed by atoms with van der Waals surface area (Å²) >= 11 is 0. The molecule has 7 heteroatoms. The van der Waals surface area contributed by atoms with E-state index >= 15 is 0 Å². The van der Waals surface area contributed by atoms with Crippen LogP contribution in [-0.2, 0) is 16.1 Å². The van der Waals surface area contributed by atoms with E-state index in [9.17, 15) is 14.0 Å². The number of carbonyl (C=O) groups is 2. The molecule has 0 aromatic heterocycles. The number of benzene rings is 1. The van der Waals surface area contributed by atoms with Crippen molar-refractivity contribution < 1.29 is 14.0 Å². The van der Waals surface area contributed by atoms with Gasteiger partial charge in [-0.3, -0.25) is 9.59 Å². The molecule has 152 valence electrons. The molecule has 27 heavy (non-hydrogen) atoms. The van der Waals surface area contributed by atoms with Gasteiger partial charge in [0.15, 0.2) is 0 Å². The third-order valence-electron chi connectivity index (χ3n) is 4.92. The summed E-state index contributed by atoms with van der Waals surface area (Å²) in [6.07, 6.45) is 1.94. The van der Waals surface area contributed by atoms with Crippen LogP contribution in [0.5, 0.6) is 0 Å². The van der Waals surface area contributed by atoms with Gasteiger partial charge in [-0.2, -0.15) is 0 Å². The smallest absolute Gasteiger partial charge is 0.239 e. The van der Waals surface area contributed by atoms with Crippen LogP contribution in [0.15, 0.2) is 18.2 Å². The van der Waals surface area contributed by atoms with Gasteiger partial charge in [-0.05, 0) is 49.3 Å². The van der Waals surface area contributed by atoms with E-state index in [1.807, 2.05) is 19.9 Å². The molecule has 3 N–H and O–H groups in total. The van der Waals surface area contributed by atoms with E-state index in [0.29, 0.717) is 50.4 Å². The molecule has 1 atom stereocenters. The number of hydrogen-bond donors (Lipinski definition) is 2. The highest BCUT2D eigenvalue weighted by Crippen LogP contribution is 2.19. The maximum absolute atomic E-state index is 13.6. The van der Waals surface area contributed by atoms with Crippen LogP contribution in [0.3, 0.4) is 0 Å². The predicted octanol–water partition coefficient (Wildman–Crippen LogP) is 2.78. The van der Waals surface area contributed by atoms with Crippen molar-refractivity contribution in [3.05, 3.63) is 35.1 Å². The second kappa shape index (κ2) is 10.6. The Balaban J connectivity index is 0.00000364. The second-order valence-electron chi connectivity index (χ2n) is 7.64. The molecule has 1 aliphatic rings. The summed E-state index contributed by atoms with van der Waals surface area (Å²) in [5, 5.41) is 2.87. The molecule has 0 bridgehead atoms. The lowest BCUT2D eigenvalue weighted by Crippen LogP contribution is -2.49. The minimum Gasteiger partial charge on any atom is -0.352 e. The third kappa shape index (κ3) is 6.78. The van der Waals surface area contributed by atoms with Crippen molar-refractivity contribution in [2.24, 2.45) is 17.6 Å². The molecule has 1 heterocycles. The number of halogens is 2. The fraction of sp³-hybridized carbons (Fsp3) is 0.600. The highest BCUT2D eigenvalue weighted by atomic mass is 35.5. The van der Waals surface area contributed by atoms with E-state index in [1.165, 1.54) is 6.07 Å². The summed E-state index contributed by atoms with van der Waals surface area (Å²) in [5.74, 6) is -0.0573. The van der Waals surface area contributed by atoms with Gasteiger partial charge in [-0.15, -0.1) is 12.4 Å². The Morgan fingerprint density at radius 2 is 1.93 bits per heavy atom. The number of likely N-dealkylation sites (tertiary alicyclic amines) is 1. The van der Waals surface area contributed by atoms with Crippen molar-refractivity contribution in [2.75, 3.05) is 13.1 Å². The molecule has 0 unspecified atom stereocenters. The van der Waals surface area contributed by atoms with Crippen LogP contribution < -0.4 is 11.1 Å². The Morgan fingerprint density at radius 3 is 2.48 bits per heavy atom. The normalized spacial score (nSPS) is 16.0. The number of piperidine rings is 1. The van der Waals surface area contributed by atoms with E-state index in [0.717, 1.165) is 5.56 Å². The van der Waals surface area contributed by atoms with E-state index in [4.69, 9.17) is 5.73 Å². The number of nitrogens with two attached hydrogens (primary N) is 1. The average molecular weight is 400 g/mol. The van der Waals surface area contributed by atoms with Crippen molar-refractivity contribution in [2.45, 2.75) is 52.6 Å². The highest BCUT2D eigenvalue weighted by molar-refractivity contribution is 5.85. The van der Waals surface area contributed by atoms with E-state index in [1.54, 1.807) is 17.9 Å². The number of aryl methyl sites for hydroxylation is 1. The molecule has 2 rings (SSSR count). The quantitative estimate of drug-likeness (QED) is 0.772. The predicted molar refractivity (Wildman–Crippen MR) is 107 cm³/mol. The minimum atomic E-state index is -0.461. The Hall–Kier alpha value is -1.66. The lowest BCUT2D eigenvalue weighted by molar-refractivity contribution is -0.137. The van der Waals surface area contributed by atoms with Crippen molar-refractivity contribution >= 4 is 24.2 Å². The van der Waals surface area contributed by atoms with Crippen LogP contribution in [-0.4, -0.2) is 35.8 Å². The Kier molecular flexibility index (Phi) is 9.19. The number of nitrogens with one attached hydrogen (secondary N) is 1. The summed E-state index contributed by atoms with van der Waals surface area (Å²) in [6, 6.07) is 4.52. The molecule has 1 saturated heterocycles. The Bertz CT molecular complexity index is 646. The Morgan fingerprint density at radius 1 is 1.30 bits per heavy atom. The highest BCUT2D eigenvalue weighted by Gasteiger charge is 2.29. The first-order valence-corrected chi connectivity index (χ1v) is 9.35. The molecule has 1 aromatic rings. The van der Waals surface area contributed by atoms with Gasteiger partial charge in [0.25, 0.3) is 0 Å². The van der Waals surface area contributed by atoms with Gasteiger partial charge in [-0.1, -0.05) is 26.0 Å². The number of rotatable bonds is 6. The van der Waals surface area contributed by atoms with Crippen LogP contribution in [0.2, 0.25) is 0 Å². The van der Waals surface area contributed by atoms with Gasteiger partial charge in [0.05, 0.1) is 6.04 Å². The molecular weight excluding hydrogens is 369 g/mol. The summed E-state index contributed by atoms with van der Waals surface area (Å²) in [5.41, 5.74) is 7.31. The summed E-state index contributed by atoms with van der Waals surface area (Å²) in [6.45, 7) is 7.23. The number of amides is 2. The molecular formula is C20H31ClFN3O2. The lowest BCUT2D eigenvalue weighted by atomic mass is 9.94. The van der Waals surface area contributed by atoms with Crippen LogP contribution in [0.4, 0.5) is 4.39 Å². The van der Waals surface area contributed by atoms with Gasteiger partial charge in [-0.25, -0.2) is 4.39 Å². The fourth-order valence-corrected chi connectivity index (χ4v) is 3.29.